The fourth-order valence-electron chi connectivity index (χ4n) is 1.66. The Hall–Kier alpha value is -2.56. The minimum Gasteiger partial charge on any atom is -0.449 e. The number of carbonyl (C=O) groups is 2. The molecule has 1 N–H and O–H groups in total. The van der Waals surface area contributed by atoms with Gasteiger partial charge in [-0.2, -0.15) is 0 Å². The maximum Gasteiger partial charge on any atom is 0.426 e. The van der Waals surface area contributed by atoms with E-state index >= 15 is 0 Å². The van der Waals surface area contributed by atoms with E-state index in [9.17, 15) is 9.59 Å². The van der Waals surface area contributed by atoms with Crippen LogP contribution in [-0.2, 0) is 4.74 Å². The summed E-state index contributed by atoms with van der Waals surface area (Å²) in [5.74, 6) is -0.164. The van der Waals surface area contributed by atoms with Crippen LogP contribution in [0.4, 0.5) is 4.79 Å². The lowest BCUT2D eigenvalue weighted by Crippen LogP contribution is -2.26. The van der Waals surface area contributed by atoms with Crippen molar-refractivity contribution < 1.29 is 14.3 Å². The Labute approximate surface area is 110 Å². The maximum absolute atomic E-state index is 12.3. The fraction of sp³-hybridized carbons (Fsp3) is 0.143. The molecular weight excluding hydrogens is 244 g/mol. The lowest BCUT2D eigenvalue weighted by atomic mass is 10.1. The van der Waals surface area contributed by atoms with Crippen LogP contribution in [0.25, 0.3) is 0 Å². The second-order valence-corrected chi connectivity index (χ2v) is 3.79. The molecule has 0 aliphatic heterocycles. The topological polar surface area (TPSA) is 60.3 Å². The van der Waals surface area contributed by atoms with Crippen molar-refractivity contribution in [3.8, 4) is 0 Å². The van der Waals surface area contributed by atoms with Gasteiger partial charge in [0, 0.05) is 11.8 Å². The van der Waals surface area contributed by atoms with Gasteiger partial charge in [-0.3, -0.25) is 9.47 Å². The molecule has 0 aliphatic carbocycles. The Morgan fingerprint density at radius 3 is 2.58 bits per heavy atom. The monoisotopic (exact) mass is 258 g/mol. The van der Waals surface area contributed by atoms with Gasteiger partial charge in [-0.25, -0.2) is 10.2 Å². The molecular formula is C14H14N2O3. The van der Waals surface area contributed by atoms with E-state index in [1.54, 1.807) is 49.5 Å². The Morgan fingerprint density at radius 2 is 1.89 bits per heavy atom. The van der Waals surface area contributed by atoms with Gasteiger partial charge < -0.3 is 4.74 Å². The predicted octanol–water partition coefficient (Wildman–Crippen LogP) is 2.42. The first-order valence-electron chi connectivity index (χ1n) is 5.93. The van der Waals surface area contributed by atoms with E-state index in [1.807, 2.05) is 6.07 Å². The summed E-state index contributed by atoms with van der Waals surface area (Å²) in [4.78, 5) is 23.6. The van der Waals surface area contributed by atoms with Gasteiger partial charge >= 0.3 is 6.09 Å². The summed E-state index contributed by atoms with van der Waals surface area (Å²) in [6.45, 7) is 1.99. The number of benzene rings is 1. The lowest BCUT2D eigenvalue weighted by Gasteiger charge is -2.09. The van der Waals surface area contributed by atoms with E-state index in [4.69, 9.17) is 4.74 Å². The van der Waals surface area contributed by atoms with Crippen molar-refractivity contribution in [2.45, 2.75) is 6.92 Å². The number of hydrogen-bond acceptors (Lipinski definition) is 3. The number of aromatic nitrogens is 1. The summed E-state index contributed by atoms with van der Waals surface area (Å²) in [7, 11) is 0. The number of rotatable bonds is 4. The first-order valence-corrected chi connectivity index (χ1v) is 5.93. The van der Waals surface area contributed by atoms with Crippen molar-refractivity contribution in [1.82, 2.24) is 4.68 Å². The van der Waals surface area contributed by atoms with Crippen molar-refractivity contribution in [1.29, 1.82) is 0 Å². The minimum absolute atomic E-state index is 0.164. The minimum atomic E-state index is -0.596. The van der Waals surface area contributed by atoms with Crippen LogP contribution in [0.5, 0.6) is 0 Å². The van der Waals surface area contributed by atoms with E-state index in [0.29, 0.717) is 11.3 Å². The van der Waals surface area contributed by atoms with Crippen LogP contribution in [0.1, 0.15) is 23.0 Å². The average Bonchev–Trinajstić information content (AvgIpc) is 2.87. The van der Waals surface area contributed by atoms with Crippen LogP contribution in [0, 0.1) is 0 Å². The molecule has 1 aromatic heterocycles. The maximum atomic E-state index is 12.3. The summed E-state index contributed by atoms with van der Waals surface area (Å²) in [5.41, 5.74) is 3.41. The zero-order valence-electron chi connectivity index (χ0n) is 10.5. The fourth-order valence-corrected chi connectivity index (χ4v) is 1.66. The SMILES string of the molecule is CCOC(=O)Nn1cccc1C(=O)c1ccccc1. The number of nitrogens with one attached hydrogen (secondary N) is 1. The van der Waals surface area contributed by atoms with Gasteiger partial charge in [0.1, 0.15) is 5.69 Å². The van der Waals surface area contributed by atoms with Crippen LogP contribution in [0.3, 0.4) is 0 Å². The Morgan fingerprint density at radius 1 is 1.16 bits per heavy atom. The smallest absolute Gasteiger partial charge is 0.426 e. The van der Waals surface area contributed by atoms with Crippen molar-refractivity contribution >= 4 is 11.9 Å². The van der Waals surface area contributed by atoms with E-state index in [0.717, 1.165) is 0 Å². The molecule has 2 rings (SSSR count). The third-order valence-electron chi connectivity index (χ3n) is 2.50. The van der Waals surface area contributed by atoms with E-state index in [1.165, 1.54) is 4.68 Å². The largest absolute Gasteiger partial charge is 0.449 e. The van der Waals surface area contributed by atoms with Gasteiger partial charge in [-0.15, -0.1) is 0 Å². The van der Waals surface area contributed by atoms with Gasteiger partial charge in [0.25, 0.3) is 0 Å². The van der Waals surface area contributed by atoms with Gasteiger partial charge in [0.05, 0.1) is 6.61 Å². The molecule has 5 heteroatoms. The summed E-state index contributed by atoms with van der Waals surface area (Å²) in [5, 5.41) is 0. The highest BCUT2D eigenvalue weighted by atomic mass is 16.5. The van der Waals surface area contributed by atoms with Crippen LogP contribution < -0.4 is 5.43 Å². The van der Waals surface area contributed by atoms with Crippen molar-refractivity contribution in [2.24, 2.45) is 0 Å². The zero-order valence-corrected chi connectivity index (χ0v) is 10.5. The zero-order chi connectivity index (χ0) is 13.7. The van der Waals surface area contributed by atoms with Crippen LogP contribution in [0.15, 0.2) is 48.7 Å². The third kappa shape index (κ3) is 3.01. The molecule has 0 aliphatic rings. The second kappa shape index (κ2) is 5.86. The van der Waals surface area contributed by atoms with E-state index in [2.05, 4.69) is 5.43 Å². The molecule has 0 radical (unpaired) electrons. The molecule has 1 amide bonds. The second-order valence-electron chi connectivity index (χ2n) is 3.79. The van der Waals surface area contributed by atoms with Gasteiger partial charge in [-0.05, 0) is 19.1 Å². The summed E-state index contributed by atoms with van der Waals surface area (Å²) < 4.78 is 6.13. The number of ether oxygens (including phenoxy) is 1. The number of carbonyl (C=O) groups excluding carboxylic acids is 2. The van der Waals surface area contributed by atoms with Crippen LogP contribution in [0.2, 0.25) is 0 Å². The number of ketones is 1. The van der Waals surface area contributed by atoms with E-state index in [-0.39, 0.29) is 12.4 Å². The van der Waals surface area contributed by atoms with Gasteiger partial charge in [0.15, 0.2) is 0 Å². The Bertz CT molecular complexity index is 575. The van der Waals surface area contributed by atoms with E-state index < -0.39 is 6.09 Å². The third-order valence-corrected chi connectivity index (χ3v) is 2.50. The van der Waals surface area contributed by atoms with Crippen molar-refractivity contribution in [2.75, 3.05) is 12.0 Å². The molecule has 0 fully saturated rings. The molecule has 0 atom stereocenters. The summed E-state index contributed by atoms with van der Waals surface area (Å²) in [6.07, 6.45) is 0.994. The van der Waals surface area contributed by atoms with Gasteiger partial charge in [0.2, 0.25) is 5.78 Å². The molecule has 1 heterocycles. The quantitative estimate of drug-likeness (QED) is 0.857. The normalized spacial score (nSPS) is 9.95. The molecule has 19 heavy (non-hydrogen) atoms. The highest BCUT2D eigenvalue weighted by Gasteiger charge is 2.14. The lowest BCUT2D eigenvalue weighted by molar-refractivity contribution is 0.103. The molecule has 0 saturated carbocycles. The number of amides is 1. The molecule has 98 valence electrons. The van der Waals surface area contributed by atoms with Crippen molar-refractivity contribution in [3.05, 3.63) is 59.9 Å². The average molecular weight is 258 g/mol. The number of nitrogens with zero attached hydrogens (tertiary/aromatic N) is 1. The highest BCUT2D eigenvalue weighted by molar-refractivity contribution is 6.08. The standard InChI is InChI=1S/C14H14N2O3/c1-2-19-14(18)15-16-10-6-9-12(16)13(17)11-7-4-3-5-8-11/h3-10H,2H2,1H3,(H,15,18). The van der Waals surface area contributed by atoms with Crippen LogP contribution >= 0.6 is 0 Å². The summed E-state index contributed by atoms with van der Waals surface area (Å²) in [6, 6.07) is 12.2. The summed E-state index contributed by atoms with van der Waals surface area (Å²) >= 11 is 0. The Balaban J connectivity index is 2.20. The van der Waals surface area contributed by atoms with Crippen LogP contribution in [-0.4, -0.2) is 23.2 Å². The highest BCUT2D eigenvalue weighted by Crippen LogP contribution is 2.09. The molecule has 0 saturated heterocycles. The predicted molar refractivity (Wildman–Crippen MR) is 70.7 cm³/mol. The Kier molecular flexibility index (Phi) is 3.97. The van der Waals surface area contributed by atoms with Crippen molar-refractivity contribution in [3.63, 3.8) is 0 Å². The molecule has 1 aromatic carbocycles. The molecule has 5 nitrogen and oxygen atoms in total. The molecule has 0 unspecified atom stereocenters. The van der Waals surface area contributed by atoms with Gasteiger partial charge in [-0.1, -0.05) is 30.3 Å². The first-order chi connectivity index (χ1) is 9.22. The molecule has 0 spiro atoms. The molecule has 0 bridgehead atoms. The molecule has 2 aromatic rings. The first kappa shape index (κ1) is 12.9. The number of hydrogen-bond donors (Lipinski definition) is 1.